The van der Waals surface area contributed by atoms with Gasteiger partial charge in [-0.25, -0.2) is 12.8 Å². The van der Waals surface area contributed by atoms with Gasteiger partial charge in [0, 0.05) is 32.1 Å². The van der Waals surface area contributed by atoms with Gasteiger partial charge in [0.15, 0.2) is 0 Å². The van der Waals surface area contributed by atoms with Gasteiger partial charge in [0.2, 0.25) is 21.8 Å². The second-order valence-corrected chi connectivity index (χ2v) is 10.3. The summed E-state index contributed by atoms with van der Waals surface area (Å²) < 4.78 is 42.0. The van der Waals surface area contributed by atoms with E-state index in [9.17, 15) is 22.4 Å². The van der Waals surface area contributed by atoms with Crippen molar-refractivity contribution in [2.75, 3.05) is 11.9 Å². The van der Waals surface area contributed by atoms with Crippen molar-refractivity contribution in [3.8, 4) is 0 Å². The van der Waals surface area contributed by atoms with Crippen LogP contribution in [0.25, 0.3) is 0 Å². The van der Waals surface area contributed by atoms with E-state index in [1.165, 1.54) is 47.6 Å². The first-order valence-corrected chi connectivity index (χ1v) is 12.7. The Hall–Kier alpha value is -3.56. The van der Waals surface area contributed by atoms with Crippen LogP contribution < -0.4 is 10.6 Å². The monoisotopic (exact) mass is 495 g/mol. The molecule has 1 unspecified atom stereocenters. The molecule has 0 aliphatic carbocycles. The molecule has 2 amide bonds. The largest absolute Gasteiger partial charge is 0.352 e. The molecule has 182 valence electrons. The van der Waals surface area contributed by atoms with Crippen molar-refractivity contribution in [2.24, 2.45) is 0 Å². The highest BCUT2D eigenvalue weighted by Crippen LogP contribution is 2.36. The number of halogens is 1. The molecule has 0 radical (unpaired) electrons. The van der Waals surface area contributed by atoms with Crippen LogP contribution >= 0.6 is 0 Å². The van der Waals surface area contributed by atoms with Gasteiger partial charge in [0.25, 0.3) is 0 Å². The smallest absolute Gasteiger partial charge is 0.243 e. The minimum atomic E-state index is -3.93. The van der Waals surface area contributed by atoms with E-state index < -0.39 is 16.1 Å². The summed E-state index contributed by atoms with van der Waals surface area (Å²) in [6.07, 6.45) is 0.455. The average Bonchev–Trinajstić information content (AvgIpc) is 2.83. The number of benzene rings is 3. The van der Waals surface area contributed by atoms with Gasteiger partial charge in [-0.15, -0.1) is 0 Å². The quantitative estimate of drug-likeness (QED) is 0.522. The van der Waals surface area contributed by atoms with Crippen LogP contribution in [0.5, 0.6) is 0 Å². The third kappa shape index (κ3) is 5.75. The number of hydrogen-bond acceptors (Lipinski definition) is 4. The maximum Gasteiger partial charge on any atom is 0.243 e. The van der Waals surface area contributed by atoms with E-state index in [2.05, 4.69) is 10.6 Å². The average molecular weight is 496 g/mol. The first-order chi connectivity index (χ1) is 16.7. The Balaban J connectivity index is 1.58. The molecule has 3 aromatic carbocycles. The van der Waals surface area contributed by atoms with E-state index in [1.807, 2.05) is 24.3 Å². The molecule has 2 N–H and O–H groups in total. The van der Waals surface area contributed by atoms with Gasteiger partial charge in [-0.3, -0.25) is 9.59 Å². The van der Waals surface area contributed by atoms with Crippen molar-refractivity contribution < 1.29 is 22.4 Å². The van der Waals surface area contributed by atoms with Gasteiger partial charge >= 0.3 is 0 Å². The summed E-state index contributed by atoms with van der Waals surface area (Å²) in [6.45, 7) is 1.75. The lowest BCUT2D eigenvalue weighted by Crippen LogP contribution is -2.42. The van der Waals surface area contributed by atoms with Gasteiger partial charge in [-0.2, -0.15) is 4.31 Å². The molecule has 1 aliphatic rings. The number of amides is 2. The molecule has 0 saturated heterocycles. The number of carbonyl (C=O) groups is 2. The Bertz CT molecular complexity index is 1340. The number of rotatable bonds is 7. The fourth-order valence-corrected chi connectivity index (χ4v) is 5.88. The van der Waals surface area contributed by atoms with Crippen LogP contribution in [0.15, 0.2) is 77.7 Å². The molecule has 0 saturated carbocycles. The summed E-state index contributed by atoms with van der Waals surface area (Å²) in [5.74, 6) is -0.977. The molecule has 1 atom stereocenters. The van der Waals surface area contributed by atoms with E-state index in [1.54, 1.807) is 12.1 Å². The number of sulfonamides is 1. The minimum Gasteiger partial charge on any atom is -0.352 e. The third-order valence-corrected chi connectivity index (χ3v) is 7.82. The first-order valence-electron chi connectivity index (χ1n) is 11.2. The Morgan fingerprint density at radius 2 is 1.77 bits per heavy atom. The van der Waals surface area contributed by atoms with Crippen molar-refractivity contribution in [2.45, 2.75) is 37.2 Å². The Labute approximate surface area is 204 Å². The summed E-state index contributed by atoms with van der Waals surface area (Å²) in [4.78, 5) is 24.2. The molecule has 0 aromatic heterocycles. The molecule has 9 heteroatoms. The number of anilines is 1. The third-order valence-electron chi connectivity index (χ3n) is 5.90. The number of hydrogen-bond donors (Lipinski definition) is 2. The fraction of sp³-hybridized carbons (Fsp3) is 0.231. The SMILES string of the molecule is CC(=O)Nc1ccc(S(=O)(=O)N2CCc3ccccc3C2CC(=O)NCc2cccc(F)c2)cc1. The van der Waals surface area contributed by atoms with Crippen LogP contribution in [0, 0.1) is 5.82 Å². The maximum atomic E-state index is 13.6. The van der Waals surface area contributed by atoms with Crippen molar-refractivity contribution in [3.05, 3.63) is 95.3 Å². The number of fused-ring (bicyclic) bond motifs is 1. The van der Waals surface area contributed by atoms with E-state index >= 15 is 0 Å². The normalized spacial score (nSPS) is 15.8. The van der Waals surface area contributed by atoms with Crippen LogP contribution in [0.3, 0.4) is 0 Å². The lowest BCUT2D eigenvalue weighted by Gasteiger charge is -2.36. The molecule has 35 heavy (non-hydrogen) atoms. The molecule has 1 aliphatic heterocycles. The summed E-state index contributed by atoms with van der Waals surface area (Å²) >= 11 is 0. The minimum absolute atomic E-state index is 0.0739. The van der Waals surface area contributed by atoms with Crippen LogP contribution in [0.2, 0.25) is 0 Å². The molecule has 0 bridgehead atoms. The zero-order valence-corrected chi connectivity index (χ0v) is 20.0. The van der Waals surface area contributed by atoms with Crippen molar-refractivity contribution in [1.29, 1.82) is 0 Å². The molecule has 0 fully saturated rings. The lowest BCUT2D eigenvalue weighted by atomic mass is 9.92. The molecular formula is C26H26FN3O4S. The van der Waals surface area contributed by atoms with Crippen molar-refractivity contribution in [1.82, 2.24) is 9.62 Å². The maximum absolute atomic E-state index is 13.6. The fourth-order valence-electron chi connectivity index (χ4n) is 4.27. The van der Waals surface area contributed by atoms with E-state index in [-0.39, 0.29) is 42.0 Å². The second-order valence-electron chi connectivity index (χ2n) is 8.40. The number of nitrogens with zero attached hydrogens (tertiary/aromatic N) is 1. The summed E-state index contributed by atoms with van der Waals surface area (Å²) in [5, 5.41) is 5.39. The molecule has 4 rings (SSSR count). The van der Waals surface area contributed by atoms with Gasteiger partial charge in [0.05, 0.1) is 10.9 Å². The Morgan fingerprint density at radius 1 is 1.03 bits per heavy atom. The lowest BCUT2D eigenvalue weighted by molar-refractivity contribution is -0.122. The van der Waals surface area contributed by atoms with Crippen molar-refractivity contribution >= 4 is 27.5 Å². The molecule has 3 aromatic rings. The number of carbonyl (C=O) groups excluding carboxylic acids is 2. The highest BCUT2D eigenvalue weighted by Gasteiger charge is 2.37. The van der Waals surface area contributed by atoms with E-state index in [4.69, 9.17) is 0 Å². The molecule has 7 nitrogen and oxygen atoms in total. The Kier molecular flexibility index (Phi) is 7.28. The summed E-state index contributed by atoms with van der Waals surface area (Å²) in [7, 11) is -3.93. The van der Waals surface area contributed by atoms with Gasteiger partial charge < -0.3 is 10.6 Å². The first kappa shape index (κ1) is 24.6. The van der Waals surface area contributed by atoms with E-state index in [0.29, 0.717) is 17.7 Å². The summed E-state index contributed by atoms with van der Waals surface area (Å²) in [6, 6.07) is 18.7. The van der Waals surface area contributed by atoms with Gasteiger partial charge in [-0.05, 0) is 59.5 Å². The van der Waals surface area contributed by atoms with Crippen LogP contribution in [-0.4, -0.2) is 31.1 Å². The zero-order valence-electron chi connectivity index (χ0n) is 19.2. The zero-order chi connectivity index (χ0) is 25.0. The van der Waals surface area contributed by atoms with Gasteiger partial charge in [-0.1, -0.05) is 36.4 Å². The molecular weight excluding hydrogens is 469 g/mol. The van der Waals surface area contributed by atoms with Crippen LogP contribution in [-0.2, 0) is 32.6 Å². The predicted octanol–water partition coefficient (Wildman–Crippen LogP) is 3.78. The highest BCUT2D eigenvalue weighted by atomic mass is 32.2. The summed E-state index contributed by atoms with van der Waals surface area (Å²) in [5.41, 5.74) is 2.90. The standard InChI is InChI=1S/C26H26FN3O4S/c1-18(31)29-22-9-11-23(12-10-22)35(33,34)30-14-13-20-6-2-3-8-24(20)25(30)16-26(32)28-17-19-5-4-7-21(27)15-19/h2-12,15,25H,13-14,16-17H2,1H3,(H,28,32)(H,29,31). The van der Waals surface area contributed by atoms with Gasteiger partial charge in [0.1, 0.15) is 5.82 Å². The molecule has 1 heterocycles. The van der Waals surface area contributed by atoms with Crippen LogP contribution in [0.1, 0.15) is 36.1 Å². The topological polar surface area (TPSA) is 95.6 Å². The van der Waals surface area contributed by atoms with Crippen molar-refractivity contribution in [3.63, 3.8) is 0 Å². The van der Waals surface area contributed by atoms with E-state index in [0.717, 1.165) is 11.1 Å². The number of nitrogens with one attached hydrogen (secondary N) is 2. The highest BCUT2D eigenvalue weighted by molar-refractivity contribution is 7.89. The van der Waals surface area contributed by atoms with Crippen LogP contribution in [0.4, 0.5) is 10.1 Å². The Morgan fingerprint density at radius 3 is 2.49 bits per heavy atom. The predicted molar refractivity (Wildman–Crippen MR) is 130 cm³/mol. The molecule has 0 spiro atoms. The second kappa shape index (κ2) is 10.4.